The molecule has 1 heterocycles. The normalized spacial score (nSPS) is 18.0. The molecule has 2 rings (SSSR count). The van der Waals surface area contributed by atoms with Crippen molar-refractivity contribution in [1.29, 1.82) is 0 Å². The van der Waals surface area contributed by atoms with Gasteiger partial charge in [-0.3, -0.25) is 9.59 Å². The van der Waals surface area contributed by atoms with Crippen LogP contribution in [0.3, 0.4) is 0 Å². The number of carbonyl (C=O) groups excluding carboxylic acids is 2. The number of benzene rings is 1. The van der Waals surface area contributed by atoms with Gasteiger partial charge in [0, 0.05) is 17.5 Å². The third kappa shape index (κ3) is 4.56. The standard InChI is InChI=1S/C14H15ClF2N2O3/c15-8-4-5-9(11(6-8)22-7-12(16)17)19-14(21)10-2-1-3-13(20)18-10/h4-6,10,12H,1-3,7H2,(H,18,20)(H,19,21)/t10-/m1/s1. The van der Waals surface area contributed by atoms with E-state index in [0.29, 0.717) is 24.3 Å². The first-order chi connectivity index (χ1) is 10.5. The molecule has 1 aromatic rings. The van der Waals surface area contributed by atoms with Crippen LogP contribution in [-0.2, 0) is 9.59 Å². The van der Waals surface area contributed by atoms with Crippen LogP contribution in [0.2, 0.25) is 5.02 Å². The van der Waals surface area contributed by atoms with Gasteiger partial charge < -0.3 is 15.4 Å². The minimum absolute atomic E-state index is 0.0586. The van der Waals surface area contributed by atoms with Crippen LogP contribution in [0.1, 0.15) is 19.3 Å². The fraction of sp³-hybridized carbons (Fsp3) is 0.429. The van der Waals surface area contributed by atoms with E-state index in [4.69, 9.17) is 16.3 Å². The molecule has 0 bridgehead atoms. The number of carbonyl (C=O) groups is 2. The zero-order chi connectivity index (χ0) is 16.1. The minimum Gasteiger partial charge on any atom is -0.485 e. The summed E-state index contributed by atoms with van der Waals surface area (Å²) in [7, 11) is 0. The molecule has 1 atom stereocenters. The molecule has 2 N–H and O–H groups in total. The van der Waals surface area contributed by atoms with Gasteiger partial charge >= 0.3 is 0 Å². The Kier molecular flexibility index (Phi) is 5.54. The van der Waals surface area contributed by atoms with Crippen LogP contribution in [0, 0.1) is 0 Å². The fourth-order valence-electron chi connectivity index (χ4n) is 2.09. The lowest BCUT2D eigenvalue weighted by atomic mass is 10.0. The summed E-state index contributed by atoms with van der Waals surface area (Å²) in [5.41, 5.74) is 0.231. The number of hydrogen-bond donors (Lipinski definition) is 2. The number of alkyl halides is 2. The van der Waals surface area contributed by atoms with Crippen LogP contribution in [-0.4, -0.2) is 30.9 Å². The van der Waals surface area contributed by atoms with E-state index in [2.05, 4.69) is 10.6 Å². The Morgan fingerprint density at radius 2 is 2.27 bits per heavy atom. The first-order valence-electron chi connectivity index (χ1n) is 6.76. The van der Waals surface area contributed by atoms with Crippen molar-refractivity contribution < 1.29 is 23.1 Å². The maximum atomic E-state index is 12.3. The lowest BCUT2D eigenvalue weighted by molar-refractivity contribution is -0.128. The molecule has 0 aliphatic carbocycles. The molecule has 0 unspecified atom stereocenters. The van der Waals surface area contributed by atoms with Crippen molar-refractivity contribution in [1.82, 2.24) is 5.32 Å². The molecule has 120 valence electrons. The third-order valence-corrected chi connectivity index (χ3v) is 3.35. The number of piperidine rings is 1. The van der Waals surface area contributed by atoms with Crippen molar-refractivity contribution in [3.63, 3.8) is 0 Å². The van der Waals surface area contributed by atoms with Crippen molar-refractivity contribution in [3.05, 3.63) is 23.2 Å². The molecule has 5 nitrogen and oxygen atoms in total. The Hall–Kier alpha value is -1.89. The van der Waals surface area contributed by atoms with Crippen LogP contribution in [0.5, 0.6) is 5.75 Å². The summed E-state index contributed by atoms with van der Waals surface area (Å²) in [6.07, 6.45) is -1.09. The van der Waals surface area contributed by atoms with Gasteiger partial charge in [-0.05, 0) is 25.0 Å². The van der Waals surface area contributed by atoms with Crippen LogP contribution in [0.4, 0.5) is 14.5 Å². The summed E-state index contributed by atoms with van der Waals surface area (Å²) in [5.74, 6) is -0.544. The maximum absolute atomic E-state index is 12.3. The lowest BCUT2D eigenvalue weighted by Crippen LogP contribution is -2.46. The fourth-order valence-corrected chi connectivity index (χ4v) is 2.26. The second kappa shape index (κ2) is 7.40. The topological polar surface area (TPSA) is 67.4 Å². The first kappa shape index (κ1) is 16.5. The van der Waals surface area contributed by atoms with Gasteiger partial charge in [-0.1, -0.05) is 11.6 Å². The van der Waals surface area contributed by atoms with Gasteiger partial charge in [0.2, 0.25) is 11.8 Å². The Bertz CT molecular complexity index is 569. The zero-order valence-corrected chi connectivity index (χ0v) is 12.3. The predicted molar refractivity (Wildman–Crippen MR) is 77.4 cm³/mol. The van der Waals surface area contributed by atoms with Crippen LogP contribution in [0.15, 0.2) is 18.2 Å². The van der Waals surface area contributed by atoms with Crippen molar-refractivity contribution in [3.8, 4) is 5.75 Å². The summed E-state index contributed by atoms with van der Waals surface area (Å²) in [4.78, 5) is 23.4. The molecule has 0 saturated carbocycles. The molecular formula is C14H15ClF2N2O3. The Balaban J connectivity index is 2.07. The van der Waals surface area contributed by atoms with Gasteiger partial charge in [0.25, 0.3) is 6.43 Å². The van der Waals surface area contributed by atoms with Crippen molar-refractivity contribution >= 4 is 29.1 Å². The van der Waals surface area contributed by atoms with E-state index in [1.807, 2.05) is 0 Å². The molecule has 1 fully saturated rings. The molecule has 1 aliphatic rings. The molecule has 22 heavy (non-hydrogen) atoms. The van der Waals surface area contributed by atoms with E-state index in [0.717, 1.165) is 0 Å². The van der Waals surface area contributed by atoms with Crippen LogP contribution < -0.4 is 15.4 Å². The SMILES string of the molecule is O=C1CCC[C@H](C(=O)Nc2ccc(Cl)cc2OCC(F)F)N1. The average Bonchev–Trinajstić information content (AvgIpc) is 2.47. The van der Waals surface area contributed by atoms with E-state index in [1.54, 1.807) is 0 Å². The van der Waals surface area contributed by atoms with Crippen LogP contribution in [0.25, 0.3) is 0 Å². The maximum Gasteiger partial charge on any atom is 0.272 e. The van der Waals surface area contributed by atoms with Crippen molar-refractivity contribution in [2.24, 2.45) is 0 Å². The second-order valence-electron chi connectivity index (χ2n) is 4.84. The van der Waals surface area contributed by atoms with Crippen molar-refractivity contribution in [2.45, 2.75) is 31.7 Å². The Labute approximate surface area is 131 Å². The Morgan fingerprint density at radius 3 is 2.95 bits per heavy atom. The number of hydrogen-bond acceptors (Lipinski definition) is 3. The third-order valence-electron chi connectivity index (χ3n) is 3.11. The van der Waals surface area contributed by atoms with Crippen LogP contribution >= 0.6 is 11.6 Å². The number of rotatable bonds is 5. The highest BCUT2D eigenvalue weighted by atomic mass is 35.5. The van der Waals surface area contributed by atoms with Gasteiger partial charge in [-0.2, -0.15) is 0 Å². The monoisotopic (exact) mass is 332 g/mol. The number of halogens is 3. The summed E-state index contributed by atoms with van der Waals surface area (Å²) in [6, 6.07) is 3.68. The Morgan fingerprint density at radius 1 is 1.50 bits per heavy atom. The highest BCUT2D eigenvalue weighted by molar-refractivity contribution is 6.30. The molecule has 1 aliphatic heterocycles. The largest absolute Gasteiger partial charge is 0.485 e. The minimum atomic E-state index is -2.64. The predicted octanol–water partition coefficient (Wildman–Crippen LogP) is 2.59. The molecule has 0 spiro atoms. The second-order valence-corrected chi connectivity index (χ2v) is 5.28. The zero-order valence-electron chi connectivity index (χ0n) is 11.6. The van der Waals surface area contributed by atoms with E-state index in [-0.39, 0.29) is 17.3 Å². The summed E-state index contributed by atoms with van der Waals surface area (Å²) in [5, 5.41) is 5.45. The van der Waals surface area contributed by atoms with Gasteiger partial charge in [0.05, 0.1) is 5.69 Å². The summed E-state index contributed by atoms with van der Waals surface area (Å²) in [6.45, 7) is -0.802. The van der Waals surface area contributed by atoms with Crippen molar-refractivity contribution in [2.75, 3.05) is 11.9 Å². The van der Waals surface area contributed by atoms with Gasteiger partial charge in [0.15, 0.2) is 0 Å². The molecule has 0 radical (unpaired) electrons. The van der Waals surface area contributed by atoms with E-state index >= 15 is 0 Å². The van der Waals surface area contributed by atoms with E-state index in [1.165, 1.54) is 18.2 Å². The molecule has 0 aromatic heterocycles. The quantitative estimate of drug-likeness (QED) is 0.871. The van der Waals surface area contributed by atoms with Gasteiger partial charge in [-0.15, -0.1) is 0 Å². The highest BCUT2D eigenvalue weighted by Crippen LogP contribution is 2.29. The molecule has 1 saturated heterocycles. The average molecular weight is 333 g/mol. The van der Waals surface area contributed by atoms with E-state index < -0.39 is 25.0 Å². The number of nitrogens with one attached hydrogen (secondary N) is 2. The number of anilines is 1. The lowest BCUT2D eigenvalue weighted by Gasteiger charge is -2.23. The van der Waals surface area contributed by atoms with Gasteiger partial charge in [0.1, 0.15) is 18.4 Å². The first-order valence-corrected chi connectivity index (χ1v) is 7.14. The molecule has 2 amide bonds. The summed E-state index contributed by atoms with van der Waals surface area (Å²) < 4.78 is 29.5. The number of amides is 2. The van der Waals surface area contributed by atoms with Gasteiger partial charge in [-0.25, -0.2) is 8.78 Å². The molecular weight excluding hydrogens is 318 g/mol. The summed E-state index contributed by atoms with van der Waals surface area (Å²) >= 11 is 5.80. The highest BCUT2D eigenvalue weighted by Gasteiger charge is 2.25. The molecule has 8 heteroatoms. The number of ether oxygens (including phenoxy) is 1. The molecule has 1 aromatic carbocycles. The van der Waals surface area contributed by atoms with E-state index in [9.17, 15) is 18.4 Å². The smallest absolute Gasteiger partial charge is 0.272 e.